The molecule has 0 rings (SSSR count). The monoisotopic (exact) mass is 198 g/mol. The van der Waals surface area contributed by atoms with Crippen molar-refractivity contribution in [3.8, 4) is 0 Å². The van der Waals surface area contributed by atoms with E-state index in [-0.39, 0.29) is 0 Å². The van der Waals surface area contributed by atoms with Gasteiger partial charge in [-0.25, -0.2) is 0 Å². The zero-order chi connectivity index (χ0) is 10.6. The van der Waals surface area contributed by atoms with Gasteiger partial charge in [0, 0.05) is 0 Å². The molecule has 7 nitrogen and oxygen atoms in total. The Labute approximate surface area is 74.1 Å². The van der Waals surface area contributed by atoms with Crippen molar-refractivity contribution in [2.75, 3.05) is 6.61 Å². The minimum atomic E-state index is -2.23. The molecule has 0 heterocycles. The normalized spacial score (nSPS) is 21.2. The summed E-state index contributed by atoms with van der Waals surface area (Å²) >= 11 is 0. The fourth-order valence-electron chi connectivity index (χ4n) is 0.714. The van der Waals surface area contributed by atoms with Crippen molar-refractivity contribution in [1.82, 2.24) is 0 Å². The maximum absolute atomic E-state index is 8.97. The van der Waals surface area contributed by atoms with Gasteiger partial charge < -0.3 is 35.7 Å². The van der Waals surface area contributed by atoms with Crippen molar-refractivity contribution >= 4 is 0 Å². The highest BCUT2D eigenvalue weighted by molar-refractivity contribution is 4.81. The van der Waals surface area contributed by atoms with Gasteiger partial charge in [0.05, 0.1) is 6.61 Å². The minimum Gasteiger partial charge on any atom is -0.394 e. The van der Waals surface area contributed by atoms with Gasteiger partial charge in [0.15, 0.2) is 6.29 Å². The smallest absolute Gasteiger partial charge is 0.180 e. The average Bonchev–Trinajstić information content (AvgIpc) is 2.12. The Morgan fingerprint density at radius 2 is 1.15 bits per heavy atom. The zero-order valence-electron chi connectivity index (χ0n) is 6.72. The molecule has 0 aliphatic rings. The van der Waals surface area contributed by atoms with Gasteiger partial charge in [0.2, 0.25) is 0 Å². The lowest BCUT2D eigenvalue weighted by Gasteiger charge is -2.26. The molecule has 0 unspecified atom stereocenters. The second kappa shape index (κ2) is 5.45. The second-order valence-electron chi connectivity index (χ2n) is 2.64. The fourth-order valence-corrected chi connectivity index (χ4v) is 0.714. The van der Waals surface area contributed by atoms with Crippen LogP contribution in [0.15, 0.2) is 0 Å². The van der Waals surface area contributed by atoms with Gasteiger partial charge in [-0.3, -0.25) is 0 Å². The van der Waals surface area contributed by atoms with Gasteiger partial charge in [-0.15, -0.1) is 0 Å². The van der Waals surface area contributed by atoms with Gasteiger partial charge in [0.1, 0.15) is 24.4 Å². The van der Waals surface area contributed by atoms with Crippen LogP contribution < -0.4 is 0 Å². The van der Waals surface area contributed by atoms with Crippen LogP contribution in [0.1, 0.15) is 0 Å². The Morgan fingerprint density at radius 1 is 0.692 bits per heavy atom. The van der Waals surface area contributed by atoms with Crippen LogP contribution in [0, 0.1) is 0 Å². The zero-order valence-corrected chi connectivity index (χ0v) is 6.72. The number of aliphatic hydroxyl groups is 7. The van der Waals surface area contributed by atoms with Gasteiger partial charge in [-0.2, -0.15) is 0 Å². The van der Waals surface area contributed by atoms with Crippen LogP contribution in [0.3, 0.4) is 0 Å². The van der Waals surface area contributed by atoms with Crippen LogP contribution in [-0.4, -0.2) is 73.1 Å². The van der Waals surface area contributed by atoms with Crippen molar-refractivity contribution in [3.05, 3.63) is 0 Å². The molecule has 7 N–H and O–H groups in total. The maximum atomic E-state index is 8.97. The van der Waals surface area contributed by atoms with Crippen LogP contribution in [0.25, 0.3) is 0 Å². The molecule has 0 fully saturated rings. The summed E-state index contributed by atoms with van der Waals surface area (Å²) in [5.41, 5.74) is 0. The van der Waals surface area contributed by atoms with Crippen molar-refractivity contribution in [2.24, 2.45) is 0 Å². The summed E-state index contributed by atoms with van der Waals surface area (Å²) in [6, 6.07) is 0. The van der Waals surface area contributed by atoms with E-state index in [9.17, 15) is 0 Å². The highest BCUT2D eigenvalue weighted by Crippen LogP contribution is 2.06. The molecule has 0 saturated heterocycles. The minimum absolute atomic E-state index is 0.813. The average molecular weight is 198 g/mol. The number of aliphatic hydroxyl groups excluding tert-OH is 6. The van der Waals surface area contributed by atoms with E-state index in [1.165, 1.54) is 0 Å². The Balaban J connectivity index is 4.15. The Bertz CT molecular complexity index is 139. The summed E-state index contributed by atoms with van der Waals surface area (Å²) < 4.78 is 0. The molecule has 0 saturated carbocycles. The first-order chi connectivity index (χ1) is 5.91. The molecule has 0 bridgehead atoms. The van der Waals surface area contributed by atoms with E-state index in [4.69, 9.17) is 35.7 Å². The van der Waals surface area contributed by atoms with E-state index in [2.05, 4.69) is 0 Å². The molecular weight excluding hydrogens is 184 g/mol. The quantitative estimate of drug-likeness (QED) is 0.222. The van der Waals surface area contributed by atoms with E-state index in [0.29, 0.717) is 0 Å². The van der Waals surface area contributed by atoms with Crippen LogP contribution in [0.5, 0.6) is 0 Å². The molecule has 0 radical (unpaired) electrons. The van der Waals surface area contributed by atoms with Crippen LogP contribution >= 0.6 is 0 Å². The first kappa shape index (κ1) is 12.7. The summed E-state index contributed by atoms with van der Waals surface area (Å²) in [6.45, 7) is -0.813. The van der Waals surface area contributed by atoms with E-state index in [0.717, 1.165) is 0 Å². The molecule has 0 aliphatic heterocycles. The lowest BCUT2D eigenvalue weighted by molar-refractivity contribution is -0.190. The summed E-state index contributed by atoms with van der Waals surface area (Å²) in [6.07, 6.45) is -9.67. The molecule has 13 heavy (non-hydrogen) atoms. The summed E-state index contributed by atoms with van der Waals surface area (Å²) in [5.74, 6) is 0. The molecule has 7 heteroatoms. The van der Waals surface area contributed by atoms with Crippen molar-refractivity contribution < 1.29 is 35.7 Å². The van der Waals surface area contributed by atoms with Crippen molar-refractivity contribution in [3.63, 3.8) is 0 Å². The molecule has 0 aromatic carbocycles. The van der Waals surface area contributed by atoms with Crippen molar-refractivity contribution in [1.29, 1.82) is 0 Å². The van der Waals surface area contributed by atoms with Gasteiger partial charge >= 0.3 is 0 Å². The second-order valence-corrected chi connectivity index (χ2v) is 2.64. The highest BCUT2D eigenvalue weighted by Gasteiger charge is 2.33. The van der Waals surface area contributed by atoms with Gasteiger partial charge in [-0.05, 0) is 0 Å². The third kappa shape index (κ3) is 3.53. The number of hydrogen-bond donors (Lipinski definition) is 7. The first-order valence-electron chi connectivity index (χ1n) is 3.61. The van der Waals surface area contributed by atoms with E-state index in [1.54, 1.807) is 0 Å². The third-order valence-corrected chi connectivity index (χ3v) is 1.59. The number of rotatable bonds is 5. The number of hydrogen-bond acceptors (Lipinski definition) is 7. The standard InChI is InChI=1S/C6H14O7/c7-1-2(8)3(9)4(10)5(11)6(12)13/h2-13H,1H2/t2-,3+,4+,5-/m1/s1. The molecule has 4 atom stereocenters. The maximum Gasteiger partial charge on any atom is 0.180 e. The predicted molar refractivity (Wildman–Crippen MR) is 39.3 cm³/mol. The molecule has 0 aliphatic carbocycles. The van der Waals surface area contributed by atoms with E-state index >= 15 is 0 Å². The third-order valence-electron chi connectivity index (χ3n) is 1.59. The molecule has 0 spiro atoms. The van der Waals surface area contributed by atoms with Crippen LogP contribution in [0.2, 0.25) is 0 Å². The lowest BCUT2D eigenvalue weighted by Crippen LogP contribution is -2.49. The molecule has 0 aromatic rings. The molecule has 0 aromatic heterocycles. The van der Waals surface area contributed by atoms with E-state index < -0.39 is 37.3 Å². The van der Waals surface area contributed by atoms with Crippen LogP contribution in [-0.2, 0) is 0 Å². The molecular formula is C6H14O7. The Morgan fingerprint density at radius 3 is 1.46 bits per heavy atom. The van der Waals surface area contributed by atoms with Gasteiger partial charge in [-0.1, -0.05) is 0 Å². The molecule has 0 amide bonds. The highest BCUT2D eigenvalue weighted by atomic mass is 16.5. The Kier molecular flexibility index (Phi) is 5.33. The van der Waals surface area contributed by atoms with E-state index in [1.807, 2.05) is 0 Å². The largest absolute Gasteiger partial charge is 0.394 e. The SMILES string of the molecule is OC[C@@H](O)[C@H](O)[C@H](O)[C@@H](O)C(O)O. The first-order valence-corrected chi connectivity index (χ1v) is 3.61. The fraction of sp³-hybridized carbons (Fsp3) is 1.00. The summed E-state index contributed by atoms with van der Waals surface area (Å²) in [4.78, 5) is 0. The lowest BCUT2D eigenvalue weighted by atomic mass is 10.0. The van der Waals surface area contributed by atoms with Crippen LogP contribution in [0.4, 0.5) is 0 Å². The summed E-state index contributed by atoms with van der Waals surface area (Å²) in [7, 11) is 0. The van der Waals surface area contributed by atoms with Gasteiger partial charge in [0.25, 0.3) is 0 Å². The topological polar surface area (TPSA) is 142 Å². The predicted octanol–water partition coefficient (Wildman–Crippen LogP) is -4.27. The summed E-state index contributed by atoms with van der Waals surface area (Å²) in [5, 5.41) is 60.6. The van der Waals surface area contributed by atoms with Crippen molar-refractivity contribution in [2.45, 2.75) is 30.7 Å². The molecule has 80 valence electrons. The Hall–Kier alpha value is -0.280.